The predicted molar refractivity (Wildman–Crippen MR) is 61.9 cm³/mol. The molecule has 3 heteroatoms. The lowest BCUT2D eigenvalue weighted by Crippen LogP contribution is -2.31. The van der Waals surface area contributed by atoms with E-state index in [9.17, 15) is 5.11 Å². The van der Waals surface area contributed by atoms with Crippen LogP contribution in [-0.2, 0) is 4.74 Å². The number of methoxy groups -OCH3 is 1. The summed E-state index contributed by atoms with van der Waals surface area (Å²) in [5.74, 6) is 0.560. The van der Waals surface area contributed by atoms with Gasteiger partial charge in [0.1, 0.15) is 0 Å². The maximum Gasteiger partial charge on any atom is 0.0613 e. The lowest BCUT2D eigenvalue weighted by Gasteiger charge is -2.16. The molecule has 2 N–H and O–H groups in total. The molecule has 1 aliphatic rings. The van der Waals surface area contributed by atoms with Crippen LogP contribution in [0.15, 0.2) is 0 Å². The van der Waals surface area contributed by atoms with Crippen molar-refractivity contribution in [1.29, 1.82) is 0 Å². The Morgan fingerprint density at radius 3 is 2.87 bits per heavy atom. The summed E-state index contributed by atoms with van der Waals surface area (Å²) in [6, 6.07) is 0.434. The van der Waals surface area contributed by atoms with E-state index in [0.717, 1.165) is 32.4 Å². The van der Waals surface area contributed by atoms with Gasteiger partial charge in [-0.1, -0.05) is 6.42 Å². The predicted octanol–water partition coefficient (Wildman–Crippen LogP) is 1.55. The van der Waals surface area contributed by atoms with Gasteiger partial charge in [-0.15, -0.1) is 0 Å². The molecule has 0 spiro atoms. The van der Waals surface area contributed by atoms with Crippen LogP contribution in [0.3, 0.4) is 0 Å². The van der Waals surface area contributed by atoms with Gasteiger partial charge in [0.05, 0.1) is 12.7 Å². The number of hydrogen-bond acceptors (Lipinski definition) is 3. The molecule has 90 valence electrons. The summed E-state index contributed by atoms with van der Waals surface area (Å²) in [5, 5.41) is 13.1. The van der Waals surface area contributed by atoms with Gasteiger partial charge in [0.2, 0.25) is 0 Å². The molecule has 0 aromatic carbocycles. The van der Waals surface area contributed by atoms with Crippen molar-refractivity contribution >= 4 is 0 Å². The van der Waals surface area contributed by atoms with E-state index in [-0.39, 0.29) is 6.10 Å². The molecule has 15 heavy (non-hydrogen) atoms. The van der Waals surface area contributed by atoms with Crippen LogP contribution in [-0.4, -0.2) is 37.5 Å². The first-order chi connectivity index (χ1) is 7.24. The Balaban J connectivity index is 1.96. The first kappa shape index (κ1) is 12.9. The molecule has 1 rings (SSSR count). The highest BCUT2D eigenvalue weighted by atomic mass is 16.5. The largest absolute Gasteiger partial charge is 0.393 e. The Morgan fingerprint density at radius 1 is 1.47 bits per heavy atom. The van der Waals surface area contributed by atoms with Crippen LogP contribution in [0.4, 0.5) is 0 Å². The van der Waals surface area contributed by atoms with Crippen molar-refractivity contribution in [3.63, 3.8) is 0 Å². The zero-order valence-corrected chi connectivity index (χ0v) is 10.0. The molecule has 0 bridgehead atoms. The van der Waals surface area contributed by atoms with Gasteiger partial charge in [-0.2, -0.15) is 0 Å². The molecule has 3 atom stereocenters. The number of hydrogen-bond donors (Lipinski definition) is 2. The van der Waals surface area contributed by atoms with Crippen molar-refractivity contribution in [1.82, 2.24) is 5.32 Å². The molecule has 0 aromatic heterocycles. The molecule has 0 radical (unpaired) electrons. The van der Waals surface area contributed by atoms with Crippen molar-refractivity contribution in [2.45, 2.75) is 51.2 Å². The minimum atomic E-state index is -0.0265. The Labute approximate surface area is 93.2 Å². The van der Waals surface area contributed by atoms with Gasteiger partial charge in [0, 0.05) is 13.2 Å². The zero-order valence-electron chi connectivity index (χ0n) is 10.0. The summed E-state index contributed by atoms with van der Waals surface area (Å²) < 4.78 is 5.05. The van der Waals surface area contributed by atoms with Crippen LogP contribution >= 0.6 is 0 Å². The SMILES string of the molecule is COCC(C)NCCCC1CCCC1O. The fraction of sp³-hybridized carbons (Fsp3) is 1.00. The average Bonchev–Trinajstić information content (AvgIpc) is 2.60. The van der Waals surface area contributed by atoms with E-state index < -0.39 is 0 Å². The summed E-state index contributed by atoms with van der Waals surface area (Å²) in [7, 11) is 1.73. The first-order valence-corrected chi connectivity index (χ1v) is 6.14. The Kier molecular flexibility index (Phi) is 6.22. The first-order valence-electron chi connectivity index (χ1n) is 6.14. The second-order valence-corrected chi connectivity index (χ2v) is 4.71. The smallest absolute Gasteiger partial charge is 0.0613 e. The van der Waals surface area contributed by atoms with E-state index in [2.05, 4.69) is 12.2 Å². The lowest BCUT2D eigenvalue weighted by molar-refractivity contribution is 0.126. The van der Waals surface area contributed by atoms with E-state index >= 15 is 0 Å². The van der Waals surface area contributed by atoms with E-state index in [1.54, 1.807) is 7.11 Å². The Hall–Kier alpha value is -0.120. The van der Waals surface area contributed by atoms with Gasteiger partial charge in [-0.05, 0) is 45.1 Å². The molecule has 3 unspecified atom stereocenters. The number of rotatable bonds is 7. The van der Waals surface area contributed by atoms with Crippen LogP contribution in [0.1, 0.15) is 39.0 Å². The molecule has 0 heterocycles. The third-order valence-electron chi connectivity index (χ3n) is 3.28. The molecular weight excluding hydrogens is 190 g/mol. The standard InChI is InChI=1S/C12H25NO2/c1-10(9-15-2)13-8-4-6-11-5-3-7-12(11)14/h10-14H,3-9H2,1-2H3. The number of nitrogens with one attached hydrogen (secondary N) is 1. The maximum absolute atomic E-state index is 9.64. The molecule has 3 nitrogen and oxygen atoms in total. The molecule has 0 aliphatic heterocycles. The van der Waals surface area contributed by atoms with E-state index in [0.29, 0.717) is 12.0 Å². The van der Waals surface area contributed by atoms with Crippen LogP contribution < -0.4 is 5.32 Å². The quantitative estimate of drug-likeness (QED) is 0.633. The van der Waals surface area contributed by atoms with Gasteiger partial charge in [-0.3, -0.25) is 0 Å². The normalized spacial score (nSPS) is 28.2. The van der Waals surface area contributed by atoms with Crippen molar-refractivity contribution in [2.24, 2.45) is 5.92 Å². The van der Waals surface area contributed by atoms with Crippen LogP contribution in [0, 0.1) is 5.92 Å². The molecular formula is C12H25NO2. The van der Waals surface area contributed by atoms with Gasteiger partial charge < -0.3 is 15.2 Å². The topological polar surface area (TPSA) is 41.5 Å². The fourth-order valence-corrected chi connectivity index (χ4v) is 2.38. The Bertz CT molecular complexity index is 164. The van der Waals surface area contributed by atoms with Crippen molar-refractivity contribution in [3.05, 3.63) is 0 Å². The number of aliphatic hydroxyl groups is 1. The third kappa shape index (κ3) is 4.96. The van der Waals surface area contributed by atoms with E-state index in [1.807, 2.05) is 0 Å². The summed E-state index contributed by atoms with van der Waals surface area (Å²) in [6.45, 7) is 3.94. The van der Waals surface area contributed by atoms with Crippen LogP contribution in [0.5, 0.6) is 0 Å². The molecule has 1 aliphatic carbocycles. The zero-order chi connectivity index (χ0) is 11.1. The van der Waals surface area contributed by atoms with Crippen molar-refractivity contribution in [2.75, 3.05) is 20.3 Å². The molecule has 1 fully saturated rings. The molecule has 0 amide bonds. The van der Waals surface area contributed by atoms with Crippen molar-refractivity contribution < 1.29 is 9.84 Å². The minimum Gasteiger partial charge on any atom is -0.393 e. The number of aliphatic hydroxyl groups excluding tert-OH is 1. The molecule has 1 saturated carbocycles. The van der Waals surface area contributed by atoms with Crippen molar-refractivity contribution in [3.8, 4) is 0 Å². The van der Waals surface area contributed by atoms with Gasteiger partial charge in [0.15, 0.2) is 0 Å². The minimum absolute atomic E-state index is 0.0265. The third-order valence-corrected chi connectivity index (χ3v) is 3.28. The second kappa shape index (κ2) is 7.20. The highest BCUT2D eigenvalue weighted by molar-refractivity contribution is 4.76. The maximum atomic E-state index is 9.64. The summed E-state index contributed by atoms with van der Waals surface area (Å²) >= 11 is 0. The highest BCUT2D eigenvalue weighted by Gasteiger charge is 2.24. The number of ether oxygens (including phenoxy) is 1. The highest BCUT2D eigenvalue weighted by Crippen LogP contribution is 2.28. The summed E-state index contributed by atoms with van der Waals surface area (Å²) in [5.41, 5.74) is 0. The van der Waals surface area contributed by atoms with Gasteiger partial charge in [-0.25, -0.2) is 0 Å². The van der Waals surface area contributed by atoms with E-state index in [4.69, 9.17) is 4.74 Å². The Morgan fingerprint density at radius 2 is 2.27 bits per heavy atom. The summed E-state index contributed by atoms with van der Waals surface area (Å²) in [6.07, 6.45) is 5.73. The van der Waals surface area contributed by atoms with E-state index in [1.165, 1.54) is 12.8 Å². The molecule has 0 saturated heterocycles. The van der Waals surface area contributed by atoms with Gasteiger partial charge in [0.25, 0.3) is 0 Å². The van der Waals surface area contributed by atoms with Crippen LogP contribution in [0.2, 0.25) is 0 Å². The summed E-state index contributed by atoms with van der Waals surface area (Å²) in [4.78, 5) is 0. The molecule has 0 aromatic rings. The lowest BCUT2D eigenvalue weighted by atomic mass is 10.00. The second-order valence-electron chi connectivity index (χ2n) is 4.71. The fourth-order valence-electron chi connectivity index (χ4n) is 2.38. The van der Waals surface area contributed by atoms with Crippen LogP contribution in [0.25, 0.3) is 0 Å². The monoisotopic (exact) mass is 215 g/mol. The average molecular weight is 215 g/mol. The van der Waals surface area contributed by atoms with Gasteiger partial charge >= 0.3 is 0 Å².